The van der Waals surface area contributed by atoms with Gasteiger partial charge in [0.1, 0.15) is 0 Å². The molecule has 1 unspecified atom stereocenters. The molecule has 3 amide bonds. The monoisotopic (exact) mass is 595 g/mol. The summed E-state index contributed by atoms with van der Waals surface area (Å²) in [5.41, 5.74) is 3.45. The number of aromatic amines is 1. The van der Waals surface area contributed by atoms with Gasteiger partial charge in [-0.05, 0) is 92.9 Å². The molecule has 3 aromatic rings. The summed E-state index contributed by atoms with van der Waals surface area (Å²) in [5.74, 6) is 0.942. The number of hydrogen-bond acceptors (Lipinski definition) is 3. The highest BCUT2D eigenvalue weighted by atomic mass is 35.5. The quantitative estimate of drug-likeness (QED) is 0.267. The van der Waals surface area contributed by atoms with Crippen LogP contribution < -0.4 is 10.6 Å². The number of piperidine rings is 2. The minimum absolute atomic E-state index is 0.00562. The highest BCUT2D eigenvalue weighted by molar-refractivity contribution is 6.42. The van der Waals surface area contributed by atoms with Crippen molar-refractivity contribution in [3.05, 3.63) is 75.9 Å². The van der Waals surface area contributed by atoms with Gasteiger partial charge >= 0.3 is 6.03 Å². The van der Waals surface area contributed by atoms with Crippen molar-refractivity contribution >= 4 is 52.1 Å². The van der Waals surface area contributed by atoms with Gasteiger partial charge in [-0.2, -0.15) is 0 Å². The first-order valence-corrected chi connectivity index (χ1v) is 15.4. The molecule has 0 bridgehead atoms. The van der Waals surface area contributed by atoms with Gasteiger partial charge in [0.15, 0.2) is 0 Å². The lowest BCUT2D eigenvalue weighted by Gasteiger charge is -2.44. The number of fused-ring (bicyclic) bond motifs is 1. The van der Waals surface area contributed by atoms with Crippen LogP contribution in [0.25, 0.3) is 17.0 Å². The molecule has 9 heteroatoms. The van der Waals surface area contributed by atoms with Gasteiger partial charge in [-0.1, -0.05) is 47.5 Å². The highest BCUT2D eigenvalue weighted by Gasteiger charge is 2.34. The predicted octanol–water partition coefficient (Wildman–Crippen LogP) is 6.29. The van der Waals surface area contributed by atoms with Gasteiger partial charge in [-0.25, -0.2) is 4.79 Å². The summed E-state index contributed by atoms with van der Waals surface area (Å²) < 4.78 is 0. The van der Waals surface area contributed by atoms with Crippen molar-refractivity contribution in [1.82, 2.24) is 25.4 Å². The standard InChI is InChI=1S/C32H39Cl2N5O2/c1-2-35-32(41)37-21-30(38-15-11-23(12-16-38)26-20-36-29-6-4-3-5-25(26)29)24-13-17-39(18-14-24)31(40)10-8-22-7-9-27(33)28(34)19-22/h3-10,19-20,23-24,30,36H,2,11-18,21H2,1H3,(H2,35,37,41). The third kappa shape index (κ3) is 7.26. The second-order valence-electron chi connectivity index (χ2n) is 11.1. The Labute approximate surface area is 252 Å². The van der Waals surface area contributed by atoms with E-state index in [0.29, 0.717) is 48.1 Å². The SMILES string of the molecule is CCNC(=O)NCC(C1CCN(C(=O)C=Cc2ccc(Cl)c(Cl)c2)CC1)N1CCC(c2c[nH]c3ccccc23)CC1. The number of likely N-dealkylation sites (tertiary alicyclic amines) is 2. The normalized spacial score (nSPS) is 18.2. The molecule has 1 aromatic heterocycles. The Morgan fingerprint density at radius 1 is 1.00 bits per heavy atom. The van der Waals surface area contributed by atoms with Crippen LogP contribution in [0, 0.1) is 5.92 Å². The Bertz CT molecular complexity index is 1370. The van der Waals surface area contributed by atoms with Gasteiger partial charge in [-0.15, -0.1) is 0 Å². The molecule has 2 fully saturated rings. The van der Waals surface area contributed by atoms with E-state index in [-0.39, 0.29) is 18.0 Å². The highest BCUT2D eigenvalue weighted by Crippen LogP contribution is 2.35. The molecule has 218 valence electrons. The molecule has 3 heterocycles. The number of carbonyl (C=O) groups is 2. The smallest absolute Gasteiger partial charge is 0.314 e. The zero-order valence-electron chi connectivity index (χ0n) is 23.5. The summed E-state index contributed by atoms with van der Waals surface area (Å²) in [7, 11) is 0. The molecule has 0 spiro atoms. The number of amides is 3. The van der Waals surface area contributed by atoms with E-state index < -0.39 is 0 Å². The Morgan fingerprint density at radius 3 is 2.49 bits per heavy atom. The van der Waals surface area contributed by atoms with Crippen molar-refractivity contribution in [3.8, 4) is 0 Å². The molecule has 1 atom stereocenters. The van der Waals surface area contributed by atoms with E-state index in [2.05, 4.69) is 51.0 Å². The summed E-state index contributed by atoms with van der Waals surface area (Å²) in [6, 6.07) is 14.0. The van der Waals surface area contributed by atoms with Crippen LogP contribution in [0.3, 0.4) is 0 Å². The molecule has 41 heavy (non-hydrogen) atoms. The maximum absolute atomic E-state index is 12.9. The van der Waals surface area contributed by atoms with Gasteiger partial charge < -0.3 is 20.5 Å². The Morgan fingerprint density at radius 2 is 1.76 bits per heavy atom. The van der Waals surface area contributed by atoms with E-state index in [1.165, 1.54) is 16.5 Å². The number of nitrogens with zero attached hydrogens (tertiary/aromatic N) is 2. The average Bonchev–Trinajstić information content (AvgIpc) is 3.43. The van der Waals surface area contributed by atoms with Crippen LogP contribution in [-0.4, -0.2) is 72.0 Å². The lowest BCUT2D eigenvalue weighted by Crippen LogP contribution is -2.54. The van der Waals surface area contributed by atoms with E-state index in [0.717, 1.165) is 44.3 Å². The van der Waals surface area contributed by atoms with Gasteiger partial charge in [0, 0.05) is 55.4 Å². The van der Waals surface area contributed by atoms with Gasteiger partial charge in [-0.3, -0.25) is 9.69 Å². The first kappa shape index (κ1) is 29.5. The number of urea groups is 1. The van der Waals surface area contributed by atoms with Crippen molar-refractivity contribution in [1.29, 1.82) is 0 Å². The number of halogens is 2. The number of nitrogens with one attached hydrogen (secondary N) is 3. The molecule has 7 nitrogen and oxygen atoms in total. The van der Waals surface area contributed by atoms with Crippen LogP contribution in [0.2, 0.25) is 10.0 Å². The van der Waals surface area contributed by atoms with Crippen LogP contribution in [0.5, 0.6) is 0 Å². The Balaban J connectivity index is 1.20. The maximum atomic E-state index is 12.9. The first-order valence-electron chi connectivity index (χ1n) is 14.7. The number of benzene rings is 2. The van der Waals surface area contributed by atoms with E-state index >= 15 is 0 Å². The van der Waals surface area contributed by atoms with Gasteiger partial charge in [0.25, 0.3) is 0 Å². The summed E-state index contributed by atoms with van der Waals surface area (Å²) in [6.45, 7) is 6.55. The molecule has 2 aromatic carbocycles. The molecule has 2 saturated heterocycles. The minimum Gasteiger partial charge on any atom is -0.361 e. The fourth-order valence-corrected chi connectivity index (χ4v) is 6.69. The molecular formula is C32H39Cl2N5O2. The van der Waals surface area contributed by atoms with E-state index in [4.69, 9.17) is 23.2 Å². The summed E-state index contributed by atoms with van der Waals surface area (Å²) >= 11 is 12.1. The zero-order chi connectivity index (χ0) is 28.8. The Hall–Kier alpha value is -3.00. The average molecular weight is 597 g/mol. The molecule has 5 rings (SSSR count). The van der Waals surface area contributed by atoms with Crippen molar-refractivity contribution in [2.24, 2.45) is 5.92 Å². The molecule has 0 saturated carbocycles. The summed E-state index contributed by atoms with van der Waals surface area (Å²) in [6.07, 6.45) is 9.60. The zero-order valence-corrected chi connectivity index (χ0v) is 25.1. The van der Waals surface area contributed by atoms with Gasteiger partial charge in [0.2, 0.25) is 5.91 Å². The number of hydrogen-bond donors (Lipinski definition) is 3. The topological polar surface area (TPSA) is 80.5 Å². The summed E-state index contributed by atoms with van der Waals surface area (Å²) in [5, 5.41) is 8.26. The third-order valence-electron chi connectivity index (χ3n) is 8.63. The molecular weight excluding hydrogens is 557 g/mol. The van der Waals surface area contributed by atoms with Gasteiger partial charge in [0.05, 0.1) is 10.0 Å². The number of H-pyrrole nitrogens is 1. The second-order valence-corrected chi connectivity index (χ2v) is 11.9. The fraction of sp³-hybridized carbons (Fsp3) is 0.438. The third-order valence-corrected chi connectivity index (χ3v) is 9.37. The first-order chi connectivity index (χ1) is 19.9. The second kappa shape index (κ2) is 13.8. The van der Waals surface area contributed by atoms with E-state index in [9.17, 15) is 9.59 Å². The van der Waals surface area contributed by atoms with Crippen molar-refractivity contribution in [3.63, 3.8) is 0 Å². The summed E-state index contributed by atoms with van der Waals surface area (Å²) in [4.78, 5) is 33.2. The fourth-order valence-electron chi connectivity index (χ4n) is 6.38. The van der Waals surface area contributed by atoms with Crippen LogP contribution in [0.15, 0.2) is 54.7 Å². The van der Waals surface area contributed by atoms with E-state index in [1.54, 1.807) is 24.3 Å². The lowest BCUT2D eigenvalue weighted by molar-refractivity contribution is -0.127. The number of para-hydroxylation sites is 1. The van der Waals surface area contributed by atoms with Crippen molar-refractivity contribution in [2.45, 2.75) is 44.6 Å². The Kier molecular flexibility index (Phi) is 9.91. The van der Waals surface area contributed by atoms with Crippen LogP contribution in [-0.2, 0) is 4.79 Å². The van der Waals surface area contributed by atoms with Crippen LogP contribution >= 0.6 is 23.2 Å². The largest absolute Gasteiger partial charge is 0.361 e. The molecule has 2 aliphatic heterocycles. The molecule has 0 radical (unpaired) electrons. The van der Waals surface area contributed by atoms with E-state index in [1.807, 2.05) is 17.9 Å². The van der Waals surface area contributed by atoms with Crippen LogP contribution in [0.1, 0.15) is 49.7 Å². The number of carbonyl (C=O) groups excluding carboxylic acids is 2. The lowest BCUT2D eigenvalue weighted by atomic mass is 9.84. The number of aromatic nitrogens is 1. The predicted molar refractivity (Wildman–Crippen MR) is 168 cm³/mol. The van der Waals surface area contributed by atoms with Crippen molar-refractivity contribution in [2.75, 3.05) is 39.3 Å². The van der Waals surface area contributed by atoms with Crippen molar-refractivity contribution < 1.29 is 9.59 Å². The minimum atomic E-state index is -0.119. The van der Waals surface area contributed by atoms with Crippen LogP contribution in [0.4, 0.5) is 4.79 Å². The molecule has 2 aliphatic rings. The molecule has 3 N–H and O–H groups in total. The molecule has 0 aliphatic carbocycles. The maximum Gasteiger partial charge on any atom is 0.314 e. The number of rotatable bonds is 8.